The Labute approximate surface area is 366 Å². The summed E-state index contributed by atoms with van der Waals surface area (Å²) in [6.07, 6.45) is 4.75. The minimum Gasteiger partial charge on any atom is -0.370 e. The van der Waals surface area contributed by atoms with Gasteiger partial charge in [-0.2, -0.15) is 0 Å². The van der Waals surface area contributed by atoms with Crippen molar-refractivity contribution >= 4 is 58.2 Å². The number of guanidine groups is 1. The summed E-state index contributed by atoms with van der Waals surface area (Å²) in [4.78, 5) is 106. The molecule has 2 aliphatic rings. The molecule has 3 aromatic rings. The van der Waals surface area contributed by atoms with E-state index < -0.39 is 77.6 Å². The van der Waals surface area contributed by atoms with Crippen LogP contribution >= 0.6 is 0 Å². The van der Waals surface area contributed by atoms with E-state index in [1.165, 1.54) is 11.8 Å². The Balaban J connectivity index is 1.46. The van der Waals surface area contributed by atoms with Crippen LogP contribution in [0.15, 0.2) is 65.8 Å². The zero-order valence-electron chi connectivity index (χ0n) is 35.8. The highest BCUT2D eigenvalue weighted by molar-refractivity contribution is 5.98. The molecular weight excluding hydrogens is 809 g/mol. The molecule has 1 aromatic heterocycles. The number of nitrogens with two attached hydrogens (primary N) is 3. The number of rotatable bonds is 15. The molecule has 340 valence electrons. The molecule has 0 radical (unpaired) electrons. The standard InChI is InChI=1S/C44H62N12O7/c1-27(57)51-35(24-28-12-3-2-4-13-28)40(60)54-34-18-10-21-48-38(58)32(17-9-22-49-44(46)47)52-41(61)36(25-29-26-50-31-15-6-5-14-30(29)31)55-39(59)33(16-7-8-20-45)53-42(62)37-19-11-23-56(37)43(34)63/h2-6,12-15,26,32-37,50H,7-11,16-25,45H2,1H3,(H,48,58)(H,51,57)(H,52,61)(H,53,62)(H,54,60)(H,55,59)(H4,46,47,49)/t32?,33-,34?,35+,36?,37?/m1/s1. The van der Waals surface area contributed by atoms with Crippen LogP contribution in [-0.4, -0.2) is 120 Å². The Bertz CT molecular complexity index is 2090. The quantitative estimate of drug-likeness (QED) is 0.0530. The monoisotopic (exact) mass is 870 g/mol. The molecule has 5 rings (SSSR count). The maximum atomic E-state index is 14.5. The van der Waals surface area contributed by atoms with Crippen molar-refractivity contribution in [2.75, 3.05) is 26.2 Å². The number of benzene rings is 2. The summed E-state index contributed by atoms with van der Waals surface area (Å²) in [5, 5.41) is 17.8. The van der Waals surface area contributed by atoms with Crippen molar-refractivity contribution < 1.29 is 33.6 Å². The lowest BCUT2D eigenvalue weighted by Gasteiger charge is -2.31. The topological polar surface area (TPSA) is 301 Å². The van der Waals surface area contributed by atoms with Gasteiger partial charge in [-0.3, -0.25) is 38.6 Å². The fourth-order valence-electron chi connectivity index (χ4n) is 8.05. The number of aromatic nitrogens is 1. The maximum Gasteiger partial charge on any atom is 0.245 e. The molecule has 0 aliphatic carbocycles. The summed E-state index contributed by atoms with van der Waals surface area (Å²) in [7, 11) is 0. The number of carbonyl (C=O) groups excluding carboxylic acids is 7. The molecule has 2 aromatic carbocycles. The van der Waals surface area contributed by atoms with Crippen LogP contribution in [0.25, 0.3) is 10.9 Å². The first-order valence-corrected chi connectivity index (χ1v) is 21.8. The van der Waals surface area contributed by atoms with Crippen molar-refractivity contribution in [3.05, 3.63) is 71.9 Å². The molecule has 0 bridgehead atoms. The average molecular weight is 871 g/mol. The number of para-hydroxylation sites is 1. The van der Waals surface area contributed by atoms with Crippen LogP contribution in [0.1, 0.15) is 75.8 Å². The molecule has 2 fully saturated rings. The molecule has 19 nitrogen and oxygen atoms in total. The second kappa shape index (κ2) is 23.6. The predicted molar refractivity (Wildman–Crippen MR) is 237 cm³/mol. The van der Waals surface area contributed by atoms with Crippen molar-refractivity contribution in [1.82, 2.24) is 41.8 Å². The number of nitrogens with zero attached hydrogens (tertiary/aromatic N) is 2. The predicted octanol–water partition coefficient (Wildman–Crippen LogP) is -0.519. The molecule has 2 saturated heterocycles. The van der Waals surface area contributed by atoms with Gasteiger partial charge < -0.3 is 59.0 Å². The molecule has 4 unspecified atom stereocenters. The van der Waals surface area contributed by atoms with E-state index in [1.54, 1.807) is 6.20 Å². The Kier molecular flexibility index (Phi) is 17.8. The number of hydrogen-bond acceptors (Lipinski definition) is 9. The largest absolute Gasteiger partial charge is 0.370 e. The highest BCUT2D eigenvalue weighted by atomic mass is 16.2. The minimum absolute atomic E-state index is 0.0551. The van der Waals surface area contributed by atoms with E-state index >= 15 is 0 Å². The summed E-state index contributed by atoms with van der Waals surface area (Å²) in [6.45, 7) is 2.12. The fraction of sp³-hybridized carbons (Fsp3) is 0.500. The Hall–Kier alpha value is -6.50. The molecule has 19 heteroatoms. The van der Waals surface area contributed by atoms with Gasteiger partial charge in [0.25, 0.3) is 0 Å². The third-order valence-corrected chi connectivity index (χ3v) is 11.3. The van der Waals surface area contributed by atoms with Gasteiger partial charge in [0.15, 0.2) is 5.96 Å². The van der Waals surface area contributed by atoms with Gasteiger partial charge in [0.1, 0.15) is 36.3 Å². The maximum absolute atomic E-state index is 14.5. The smallest absolute Gasteiger partial charge is 0.245 e. The van der Waals surface area contributed by atoms with Gasteiger partial charge in [-0.05, 0) is 81.5 Å². The van der Waals surface area contributed by atoms with Crippen LogP contribution in [0, 0.1) is 0 Å². The third kappa shape index (κ3) is 14.0. The average Bonchev–Trinajstić information content (AvgIpc) is 3.92. The highest BCUT2D eigenvalue weighted by Gasteiger charge is 2.40. The van der Waals surface area contributed by atoms with E-state index in [4.69, 9.17) is 17.2 Å². The molecule has 6 atom stereocenters. The molecule has 63 heavy (non-hydrogen) atoms. The highest BCUT2D eigenvalue weighted by Crippen LogP contribution is 2.22. The van der Waals surface area contributed by atoms with Crippen molar-refractivity contribution in [2.24, 2.45) is 22.2 Å². The number of unbranched alkanes of at least 4 members (excludes halogenated alkanes) is 1. The van der Waals surface area contributed by atoms with E-state index in [2.05, 4.69) is 41.9 Å². The van der Waals surface area contributed by atoms with Gasteiger partial charge in [-0.1, -0.05) is 48.5 Å². The van der Waals surface area contributed by atoms with Gasteiger partial charge in [0, 0.05) is 56.5 Å². The molecule has 0 spiro atoms. The lowest BCUT2D eigenvalue weighted by Crippen LogP contribution is -2.60. The second-order valence-electron chi connectivity index (χ2n) is 16.1. The molecule has 2 aliphatic heterocycles. The first-order valence-electron chi connectivity index (χ1n) is 21.8. The molecule has 3 heterocycles. The number of carbonyl (C=O) groups is 7. The lowest BCUT2D eigenvalue weighted by atomic mass is 10.0. The summed E-state index contributed by atoms with van der Waals surface area (Å²) in [5.41, 5.74) is 19.2. The summed E-state index contributed by atoms with van der Waals surface area (Å²) in [5.74, 6) is -3.98. The zero-order valence-corrected chi connectivity index (χ0v) is 35.8. The van der Waals surface area contributed by atoms with E-state index in [0.29, 0.717) is 38.6 Å². The van der Waals surface area contributed by atoms with Gasteiger partial charge in [-0.15, -0.1) is 0 Å². The first-order chi connectivity index (χ1) is 30.3. The zero-order chi connectivity index (χ0) is 45.3. The summed E-state index contributed by atoms with van der Waals surface area (Å²) < 4.78 is 0. The Morgan fingerprint density at radius 3 is 2.25 bits per heavy atom. The molecule has 7 amide bonds. The second-order valence-corrected chi connectivity index (χ2v) is 16.1. The lowest BCUT2D eigenvalue weighted by molar-refractivity contribution is -0.142. The number of H-pyrrole nitrogens is 1. The number of hydrogen-bond donors (Lipinski definition) is 10. The Morgan fingerprint density at radius 1 is 0.825 bits per heavy atom. The van der Waals surface area contributed by atoms with Crippen LogP contribution in [0.3, 0.4) is 0 Å². The molecular formula is C44H62N12O7. The van der Waals surface area contributed by atoms with Gasteiger partial charge >= 0.3 is 0 Å². The summed E-state index contributed by atoms with van der Waals surface area (Å²) >= 11 is 0. The number of amides is 7. The Morgan fingerprint density at radius 2 is 1.51 bits per heavy atom. The SMILES string of the molecule is CC(=O)N[C@@H](Cc1ccccc1)C(=O)NC1CCCNC(=O)C(CCCN=C(N)N)NC(=O)C(Cc2c[nH]c3ccccc23)NC(=O)[C@@H](CCCCN)NC(=O)C2CCCN2C1=O. The minimum atomic E-state index is -1.17. The molecule has 13 N–H and O–H groups in total. The van der Waals surface area contributed by atoms with Crippen LogP contribution in [0.4, 0.5) is 0 Å². The van der Waals surface area contributed by atoms with Crippen molar-refractivity contribution in [2.45, 2.75) is 114 Å². The summed E-state index contributed by atoms with van der Waals surface area (Å²) in [6, 6.07) is 10.2. The fourth-order valence-corrected chi connectivity index (χ4v) is 8.05. The number of aromatic amines is 1. The van der Waals surface area contributed by atoms with Gasteiger partial charge in [0.05, 0.1) is 0 Å². The third-order valence-electron chi connectivity index (χ3n) is 11.3. The number of fused-ring (bicyclic) bond motifs is 2. The van der Waals surface area contributed by atoms with Crippen molar-refractivity contribution in [3.8, 4) is 0 Å². The van der Waals surface area contributed by atoms with Gasteiger partial charge in [-0.25, -0.2) is 0 Å². The number of nitrogens with one attached hydrogen (secondary N) is 7. The van der Waals surface area contributed by atoms with Crippen LogP contribution < -0.4 is 49.1 Å². The van der Waals surface area contributed by atoms with E-state index in [0.717, 1.165) is 22.0 Å². The van der Waals surface area contributed by atoms with Crippen LogP contribution in [-0.2, 0) is 46.4 Å². The van der Waals surface area contributed by atoms with E-state index in [9.17, 15) is 33.6 Å². The molecule has 0 saturated carbocycles. The van der Waals surface area contributed by atoms with Crippen LogP contribution in [0.5, 0.6) is 0 Å². The van der Waals surface area contributed by atoms with E-state index in [1.807, 2.05) is 54.6 Å². The van der Waals surface area contributed by atoms with E-state index in [-0.39, 0.29) is 64.1 Å². The van der Waals surface area contributed by atoms with Crippen molar-refractivity contribution in [1.29, 1.82) is 0 Å². The van der Waals surface area contributed by atoms with Gasteiger partial charge in [0.2, 0.25) is 41.4 Å². The van der Waals surface area contributed by atoms with Crippen molar-refractivity contribution in [3.63, 3.8) is 0 Å². The number of aliphatic imine (C=N–C) groups is 1. The van der Waals surface area contributed by atoms with Crippen LogP contribution in [0.2, 0.25) is 0 Å². The first kappa shape index (κ1) is 47.5. The normalized spacial score (nSPS) is 22.0.